The second-order valence-corrected chi connectivity index (χ2v) is 5.10. The van der Waals surface area contributed by atoms with Gasteiger partial charge in [-0.3, -0.25) is 9.59 Å². The Morgan fingerprint density at radius 3 is 2.65 bits per heavy atom. The molecule has 0 radical (unpaired) electrons. The number of benzene rings is 1. The Kier molecular flexibility index (Phi) is 6.31. The number of nitrogens with one attached hydrogen (secondary N) is 1. The number of amides is 1. The van der Waals surface area contributed by atoms with Crippen molar-refractivity contribution in [2.45, 2.75) is 32.7 Å². The lowest BCUT2D eigenvalue weighted by Gasteiger charge is -2.11. The molecule has 0 fully saturated rings. The number of ketones is 1. The zero-order valence-electron chi connectivity index (χ0n) is 11.9. The molecular weight excluding hydrogens is 259 g/mol. The van der Waals surface area contributed by atoms with Crippen molar-refractivity contribution in [2.24, 2.45) is 11.7 Å². The number of Topliss-reactive ketones (excluding diaryl/α,β-unsaturated/α-hetero) is 1. The van der Waals surface area contributed by atoms with Crippen molar-refractivity contribution in [3.63, 3.8) is 0 Å². The Hall–Kier alpha value is -1.75. The van der Waals surface area contributed by atoms with E-state index in [0.29, 0.717) is 18.5 Å². The summed E-state index contributed by atoms with van der Waals surface area (Å²) in [5.74, 6) is -1.36. The lowest BCUT2D eigenvalue weighted by molar-refractivity contribution is -0.121. The van der Waals surface area contributed by atoms with Crippen molar-refractivity contribution in [2.75, 3.05) is 6.54 Å². The summed E-state index contributed by atoms with van der Waals surface area (Å²) in [6, 6.07) is 5.53. The Morgan fingerprint density at radius 1 is 1.35 bits per heavy atom. The normalized spacial score (nSPS) is 13.6. The molecule has 110 valence electrons. The van der Waals surface area contributed by atoms with Gasteiger partial charge in [-0.15, -0.1) is 0 Å². The van der Waals surface area contributed by atoms with Gasteiger partial charge in [0.2, 0.25) is 5.91 Å². The van der Waals surface area contributed by atoms with Crippen LogP contribution in [0, 0.1) is 11.7 Å². The largest absolute Gasteiger partial charge is 0.356 e. The molecule has 2 atom stereocenters. The summed E-state index contributed by atoms with van der Waals surface area (Å²) in [5.41, 5.74) is 5.87. The second kappa shape index (κ2) is 7.75. The number of rotatable bonds is 7. The molecule has 0 heterocycles. The first-order valence-electron chi connectivity index (χ1n) is 6.72. The molecule has 0 saturated heterocycles. The van der Waals surface area contributed by atoms with Crippen LogP contribution in [-0.4, -0.2) is 24.3 Å². The number of halogens is 1. The van der Waals surface area contributed by atoms with Gasteiger partial charge in [0.15, 0.2) is 5.78 Å². The monoisotopic (exact) mass is 280 g/mol. The van der Waals surface area contributed by atoms with Crippen LogP contribution >= 0.6 is 0 Å². The zero-order valence-corrected chi connectivity index (χ0v) is 11.9. The molecule has 5 heteroatoms. The first-order valence-corrected chi connectivity index (χ1v) is 6.72. The van der Waals surface area contributed by atoms with Crippen LogP contribution in [0.3, 0.4) is 0 Å². The third-order valence-corrected chi connectivity index (χ3v) is 2.97. The fourth-order valence-corrected chi connectivity index (χ4v) is 1.81. The van der Waals surface area contributed by atoms with Gasteiger partial charge in [0.05, 0.1) is 0 Å². The van der Waals surface area contributed by atoms with Crippen LogP contribution in [0.2, 0.25) is 0 Å². The number of carbonyl (C=O) groups excluding carboxylic acids is 2. The van der Waals surface area contributed by atoms with E-state index in [-0.39, 0.29) is 24.2 Å². The molecule has 4 nitrogen and oxygen atoms in total. The highest BCUT2D eigenvalue weighted by molar-refractivity contribution is 5.99. The summed E-state index contributed by atoms with van der Waals surface area (Å²) in [4.78, 5) is 23.7. The van der Waals surface area contributed by atoms with Gasteiger partial charge in [-0.2, -0.15) is 0 Å². The summed E-state index contributed by atoms with van der Waals surface area (Å²) in [6.07, 6.45) is 0.784. The van der Waals surface area contributed by atoms with Crippen molar-refractivity contribution in [1.82, 2.24) is 5.32 Å². The van der Waals surface area contributed by atoms with Crippen LogP contribution in [0.5, 0.6) is 0 Å². The van der Waals surface area contributed by atoms with Gasteiger partial charge in [-0.25, -0.2) is 4.39 Å². The molecule has 20 heavy (non-hydrogen) atoms. The summed E-state index contributed by atoms with van der Waals surface area (Å²) >= 11 is 0. The van der Waals surface area contributed by atoms with Crippen molar-refractivity contribution >= 4 is 11.7 Å². The van der Waals surface area contributed by atoms with E-state index >= 15 is 0 Å². The average molecular weight is 280 g/mol. The Balaban J connectivity index is 2.47. The van der Waals surface area contributed by atoms with E-state index in [0.717, 1.165) is 0 Å². The Bertz CT molecular complexity index is 475. The van der Waals surface area contributed by atoms with Crippen LogP contribution in [-0.2, 0) is 4.79 Å². The van der Waals surface area contributed by atoms with E-state index in [9.17, 15) is 14.0 Å². The number of hydrogen-bond donors (Lipinski definition) is 2. The van der Waals surface area contributed by atoms with E-state index in [2.05, 4.69) is 5.32 Å². The lowest BCUT2D eigenvalue weighted by Crippen LogP contribution is -2.31. The van der Waals surface area contributed by atoms with E-state index in [1.54, 1.807) is 13.0 Å². The predicted octanol–water partition coefficient (Wildman–Crippen LogP) is 1.89. The molecule has 0 aliphatic heterocycles. The minimum Gasteiger partial charge on any atom is -0.356 e. The molecule has 0 saturated carbocycles. The minimum absolute atomic E-state index is 0.0293. The summed E-state index contributed by atoms with van der Waals surface area (Å²) in [6.45, 7) is 4.03. The van der Waals surface area contributed by atoms with Crippen LogP contribution in [0.25, 0.3) is 0 Å². The molecule has 1 aromatic rings. The van der Waals surface area contributed by atoms with E-state index in [1.807, 2.05) is 6.92 Å². The second-order valence-electron chi connectivity index (χ2n) is 5.10. The molecule has 0 spiro atoms. The maximum absolute atomic E-state index is 13.1. The molecular formula is C15H21FN2O2. The fourth-order valence-electron chi connectivity index (χ4n) is 1.81. The third-order valence-electron chi connectivity index (χ3n) is 2.97. The van der Waals surface area contributed by atoms with Crippen molar-refractivity contribution in [1.29, 1.82) is 0 Å². The van der Waals surface area contributed by atoms with Crippen molar-refractivity contribution in [3.8, 4) is 0 Å². The highest BCUT2D eigenvalue weighted by Gasteiger charge is 2.18. The molecule has 0 aromatic heterocycles. The lowest BCUT2D eigenvalue weighted by atomic mass is 9.96. The number of hydrogen-bond acceptors (Lipinski definition) is 3. The van der Waals surface area contributed by atoms with Crippen LogP contribution in [0.4, 0.5) is 4.39 Å². The quantitative estimate of drug-likeness (QED) is 0.749. The van der Waals surface area contributed by atoms with Crippen LogP contribution in [0.15, 0.2) is 24.3 Å². The smallest absolute Gasteiger partial charge is 0.220 e. The van der Waals surface area contributed by atoms with Gasteiger partial charge < -0.3 is 11.1 Å². The van der Waals surface area contributed by atoms with Gasteiger partial charge in [0, 0.05) is 30.5 Å². The highest BCUT2D eigenvalue weighted by Crippen LogP contribution is 2.13. The SMILES string of the molecule is CC(N)CCNC(=O)CC(C)C(=O)c1cccc(F)c1. The summed E-state index contributed by atoms with van der Waals surface area (Å²) in [7, 11) is 0. The number of carbonyl (C=O) groups is 2. The third kappa shape index (κ3) is 5.48. The highest BCUT2D eigenvalue weighted by atomic mass is 19.1. The zero-order chi connectivity index (χ0) is 15.1. The van der Waals surface area contributed by atoms with Gasteiger partial charge in [-0.1, -0.05) is 19.1 Å². The average Bonchev–Trinajstić information content (AvgIpc) is 2.37. The molecule has 2 unspecified atom stereocenters. The molecule has 1 rings (SSSR count). The van der Waals surface area contributed by atoms with E-state index < -0.39 is 11.7 Å². The first kappa shape index (κ1) is 16.3. The minimum atomic E-state index is -0.480. The Labute approximate surface area is 118 Å². The van der Waals surface area contributed by atoms with E-state index in [4.69, 9.17) is 5.73 Å². The van der Waals surface area contributed by atoms with Crippen LogP contribution in [0.1, 0.15) is 37.0 Å². The summed E-state index contributed by atoms with van der Waals surface area (Å²) < 4.78 is 13.1. The molecule has 1 amide bonds. The standard InChI is InChI=1S/C15H21FN2O2/c1-10(8-14(19)18-7-6-11(2)17)15(20)12-4-3-5-13(16)9-12/h3-5,9-11H,6-8,17H2,1-2H3,(H,18,19). The van der Waals surface area contributed by atoms with E-state index in [1.165, 1.54) is 18.2 Å². The molecule has 0 aliphatic rings. The fraction of sp³-hybridized carbons (Fsp3) is 0.467. The first-order chi connectivity index (χ1) is 9.40. The molecule has 0 bridgehead atoms. The van der Waals surface area contributed by atoms with Crippen LogP contribution < -0.4 is 11.1 Å². The maximum atomic E-state index is 13.1. The number of nitrogens with two attached hydrogens (primary N) is 1. The predicted molar refractivity (Wildman–Crippen MR) is 75.8 cm³/mol. The van der Waals surface area contributed by atoms with Gasteiger partial charge in [0.1, 0.15) is 5.82 Å². The molecule has 0 aliphatic carbocycles. The molecule has 1 aromatic carbocycles. The van der Waals surface area contributed by atoms with Gasteiger partial charge >= 0.3 is 0 Å². The van der Waals surface area contributed by atoms with Crippen molar-refractivity contribution in [3.05, 3.63) is 35.6 Å². The van der Waals surface area contributed by atoms with Crippen molar-refractivity contribution < 1.29 is 14.0 Å². The topological polar surface area (TPSA) is 72.2 Å². The molecule has 3 N–H and O–H groups in total. The van der Waals surface area contributed by atoms with Gasteiger partial charge in [0.25, 0.3) is 0 Å². The Morgan fingerprint density at radius 2 is 2.05 bits per heavy atom. The maximum Gasteiger partial charge on any atom is 0.220 e. The van der Waals surface area contributed by atoms with Gasteiger partial charge in [-0.05, 0) is 25.5 Å². The summed E-state index contributed by atoms with van der Waals surface area (Å²) in [5, 5.41) is 2.72.